The van der Waals surface area contributed by atoms with E-state index < -0.39 is 68.2 Å². The quantitative estimate of drug-likeness (QED) is 0.101. The third-order valence-electron chi connectivity index (χ3n) is 20.0. The topological polar surface area (TPSA) is 324 Å². The van der Waals surface area contributed by atoms with E-state index in [0.29, 0.717) is 151 Å². The van der Waals surface area contributed by atoms with Crippen molar-refractivity contribution in [1.29, 1.82) is 0 Å². The summed E-state index contributed by atoms with van der Waals surface area (Å²) in [5, 5.41) is 100. The number of aliphatic hydroxyl groups is 11. The Morgan fingerprint density at radius 2 is 0.876 bits per heavy atom. The first kappa shape index (κ1) is 103. The van der Waals surface area contributed by atoms with Gasteiger partial charge in [-0.05, 0) is 170 Å². The fourth-order valence-electron chi connectivity index (χ4n) is 11.4. The summed E-state index contributed by atoms with van der Waals surface area (Å²) in [5.74, 6) is 2.19. The van der Waals surface area contributed by atoms with Gasteiger partial charge in [-0.2, -0.15) is 0 Å². The van der Waals surface area contributed by atoms with Crippen LogP contribution in [0.25, 0.3) is 0 Å². The standard InChI is InChI=1S/C8H16BO2.5C7H14BO2.4C6H12BO2.C5H10BO2/c1-5-6(2)9-4-8(10)11-7(5)3;1-7(2)4-8-3-6(9)10-5-7;1-5-4-10-7(9)3-8-6(5)2;1-5-3-8-4-7(9)10-6(5)2;1-7(2)6(9)10-5-3-4-8-7;1-6-7(2,9)10-5-3-4-8-6;1-5-2-7-3-6(8)9-4-5;1-5-2-3-9-6(8)4-7-5;1-5-2-3-7-4-6(8)9-5;1-6(8)5-7-3-2-4-9-6;7-5-4-6-2-1-3-8-5/h5-8,10H,4H2,1-3H3;6,9H,3-5H2,1-2H3;2*5-7,9H,3-4H2,1-2H3;2*6,9H,3-5H2,1-2H3;3*5-6,8H,2-4H2,1H3;8H,2-5H2,1H3;5,7H,1-4H2. The largest absolute Gasteiger partial charge is 0.369 e. The Morgan fingerprint density at radius 1 is 0.371 bits per heavy atom. The number of ether oxygens (including phenoxy) is 11. The fraction of sp³-hybridized carbons (Fsp3) is 1.00. The normalized spacial score (nSPS) is 38.1. The van der Waals surface area contributed by atoms with Crippen molar-refractivity contribution < 1.29 is 108 Å². The Morgan fingerprint density at radius 3 is 1.61 bits per heavy atom. The Bertz CT molecular complexity index is 1940. The third-order valence-corrected chi connectivity index (χ3v) is 20.0. The molecule has 11 aliphatic rings. The summed E-state index contributed by atoms with van der Waals surface area (Å²) >= 11 is 0. The highest BCUT2D eigenvalue weighted by atomic mass is 16.6. The Kier molecular flexibility index (Phi) is 57.4. The summed E-state index contributed by atoms with van der Waals surface area (Å²) in [6.07, 6.45) is 16.3. The zero-order chi connectivity index (χ0) is 79.0. The molecule has 0 aromatic carbocycles. The monoisotopic (exact) mass is 1480 g/mol. The van der Waals surface area contributed by atoms with Crippen LogP contribution in [0, 0.1) is 29.1 Å². The Hall–Kier alpha value is -0.166. The molecule has 597 valence electrons. The summed E-state index contributed by atoms with van der Waals surface area (Å²) in [5.41, 5.74) is 0.206. The van der Waals surface area contributed by atoms with Crippen molar-refractivity contribution in [3.05, 3.63) is 0 Å². The molecule has 11 N–H and O–H groups in total. The molecule has 0 amide bonds. The SMILES string of the molecule is CC1(C)C[B]CC(O)OC1.CC1(C)[B]CCCOC1O.CC1(O)C[B]CCCO1.CC1CC[B]CC(O)O1.CC1C[B]CC(O)OC1.CC1C[B]CC(O)OC1C.CC1[B]CC(O)OC(C)C1C.CC1[B]CC(O)OCC1.CC1[B]CC(O)OCC1C.CC1[B]CCCOC1(C)O.OC1C[B]CCCO1. The smallest absolute Gasteiger partial charge is 0.158 e. The predicted molar refractivity (Wildman–Crippen MR) is 429 cm³/mol. The molecule has 33 heteroatoms. The minimum Gasteiger partial charge on any atom is -0.369 e. The van der Waals surface area contributed by atoms with Crippen molar-refractivity contribution >= 4 is 80.1 Å². The first-order valence-corrected chi connectivity index (χ1v) is 39.9. The summed E-state index contributed by atoms with van der Waals surface area (Å²) in [4.78, 5) is 0. The van der Waals surface area contributed by atoms with Crippen LogP contribution in [0.2, 0.25) is 136 Å². The average molecular weight is 1480 g/mol. The molecule has 11 fully saturated rings. The van der Waals surface area contributed by atoms with E-state index in [2.05, 4.69) is 142 Å². The Balaban J connectivity index is 0.000000578. The molecule has 11 aliphatic heterocycles. The number of hydrogen-bond donors (Lipinski definition) is 11. The molecule has 0 saturated carbocycles. The number of hydrogen-bond acceptors (Lipinski definition) is 22. The second kappa shape index (κ2) is 58.6. The maximum absolute atomic E-state index is 9.57. The zero-order valence-electron chi connectivity index (χ0n) is 68.2. The van der Waals surface area contributed by atoms with Crippen LogP contribution < -0.4 is 0 Å². The molecule has 11 heterocycles. The fourth-order valence-corrected chi connectivity index (χ4v) is 11.4. The van der Waals surface area contributed by atoms with Crippen molar-refractivity contribution in [2.75, 3.05) is 52.9 Å². The van der Waals surface area contributed by atoms with E-state index in [1.165, 1.54) is 0 Å². The molecule has 0 aromatic heterocycles. The Labute approximate surface area is 645 Å². The molecule has 22 atom stereocenters. The van der Waals surface area contributed by atoms with Gasteiger partial charge >= 0.3 is 0 Å². The summed E-state index contributed by atoms with van der Waals surface area (Å²) in [6.45, 7) is 40.2. The van der Waals surface area contributed by atoms with Crippen LogP contribution in [0.3, 0.4) is 0 Å². The van der Waals surface area contributed by atoms with Crippen molar-refractivity contribution in [3.63, 3.8) is 0 Å². The van der Waals surface area contributed by atoms with Crippen LogP contribution in [-0.2, 0) is 52.1 Å². The van der Waals surface area contributed by atoms with Crippen LogP contribution in [0.5, 0.6) is 0 Å². The van der Waals surface area contributed by atoms with Gasteiger partial charge in [-0.25, -0.2) is 0 Å². The highest BCUT2D eigenvalue weighted by molar-refractivity contribution is 6.40. The summed E-state index contributed by atoms with van der Waals surface area (Å²) < 4.78 is 56.4. The molecule has 0 bridgehead atoms. The van der Waals surface area contributed by atoms with Crippen molar-refractivity contribution in [2.45, 2.75) is 379 Å². The first-order chi connectivity index (χ1) is 49.3. The molecule has 0 spiro atoms. The molecule has 22 nitrogen and oxygen atoms in total. The van der Waals surface area contributed by atoms with Crippen LogP contribution in [0.15, 0.2) is 0 Å². The lowest BCUT2D eigenvalue weighted by molar-refractivity contribution is -0.188. The molecule has 11 rings (SSSR count). The van der Waals surface area contributed by atoms with Crippen molar-refractivity contribution in [1.82, 2.24) is 0 Å². The lowest BCUT2D eigenvalue weighted by Gasteiger charge is -2.27. The molecular formula is C72H144B11O22. The van der Waals surface area contributed by atoms with Crippen molar-refractivity contribution in [2.24, 2.45) is 29.1 Å². The van der Waals surface area contributed by atoms with E-state index in [-0.39, 0.29) is 34.9 Å². The van der Waals surface area contributed by atoms with Gasteiger partial charge in [0.25, 0.3) is 0 Å². The van der Waals surface area contributed by atoms with Gasteiger partial charge in [0.15, 0.2) is 17.9 Å². The van der Waals surface area contributed by atoms with E-state index in [9.17, 15) is 20.4 Å². The molecule has 22 unspecified atom stereocenters. The molecule has 0 aliphatic carbocycles. The van der Waals surface area contributed by atoms with Gasteiger partial charge in [-0.15, -0.1) is 0 Å². The maximum atomic E-state index is 9.57. The first-order valence-electron chi connectivity index (χ1n) is 39.9. The van der Waals surface area contributed by atoms with E-state index >= 15 is 0 Å². The molecule has 11 saturated heterocycles. The van der Waals surface area contributed by atoms with E-state index in [1.54, 1.807) is 13.8 Å². The molecule has 0 aromatic rings. The van der Waals surface area contributed by atoms with Gasteiger partial charge in [0.2, 0.25) is 0 Å². The van der Waals surface area contributed by atoms with Gasteiger partial charge in [-0.3, -0.25) is 0 Å². The zero-order valence-corrected chi connectivity index (χ0v) is 68.2. The average Bonchev–Trinajstić information content (AvgIpc) is 1.77. The number of aliphatic hydroxyl groups excluding tert-OH is 9. The van der Waals surface area contributed by atoms with Crippen LogP contribution >= 0.6 is 0 Å². The minimum atomic E-state index is -0.934. The van der Waals surface area contributed by atoms with Gasteiger partial charge < -0.3 is 108 Å². The molecule has 11 radical (unpaired) electrons. The van der Waals surface area contributed by atoms with Gasteiger partial charge in [0.1, 0.15) is 130 Å². The van der Waals surface area contributed by atoms with E-state index in [0.717, 1.165) is 89.1 Å². The predicted octanol–water partition coefficient (Wildman–Crippen LogP) is 8.83. The van der Waals surface area contributed by atoms with Gasteiger partial charge in [0.05, 0.1) is 38.1 Å². The van der Waals surface area contributed by atoms with Gasteiger partial charge in [-0.1, -0.05) is 151 Å². The van der Waals surface area contributed by atoms with E-state index in [4.69, 9.17) is 87.9 Å². The summed E-state index contributed by atoms with van der Waals surface area (Å²) in [7, 11) is 23.1. The second-order valence-corrected chi connectivity index (χ2v) is 32.1. The van der Waals surface area contributed by atoms with Gasteiger partial charge in [0, 0.05) is 33.0 Å². The lowest BCUT2D eigenvalue weighted by atomic mass is 9.52. The van der Waals surface area contributed by atoms with E-state index in [1.807, 2.05) is 41.5 Å². The lowest BCUT2D eigenvalue weighted by Crippen LogP contribution is -2.33. The molecule has 105 heavy (non-hydrogen) atoms. The van der Waals surface area contributed by atoms with Crippen LogP contribution in [0.4, 0.5) is 0 Å². The third kappa shape index (κ3) is 54.3. The minimum absolute atomic E-state index is 0.148. The van der Waals surface area contributed by atoms with Crippen LogP contribution in [-0.4, -0.2) is 276 Å². The van der Waals surface area contributed by atoms with Crippen LogP contribution in [0.1, 0.15) is 156 Å². The number of rotatable bonds is 0. The summed E-state index contributed by atoms with van der Waals surface area (Å²) in [6, 6.07) is 0. The maximum Gasteiger partial charge on any atom is 0.158 e. The highest BCUT2D eigenvalue weighted by Gasteiger charge is 2.33. The second-order valence-electron chi connectivity index (χ2n) is 32.1. The highest BCUT2D eigenvalue weighted by Crippen LogP contribution is 2.33. The molecular weight excluding hydrogens is 1340 g/mol. The van der Waals surface area contributed by atoms with Crippen molar-refractivity contribution in [3.8, 4) is 0 Å².